The highest BCUT2D eigenvalue weighted by Crippen LogP contribution is 2.30. The zero-order valence-corrected chi connectivity index (χ0v) is 11.5. The minimum atomic E-state index is -0.452. The topological polar surface area (TPSA) is 38.0 Å². The van der Waals surface area contributed by atoms with Gasteiger partial charge in [-0.25, -0.2) is 0 Å². The van der Waals surface area contributed by atoms with Crippen LogP contribution in [0.4, 0.5) is 0 Å². The van der Waals surface area contributed by atoms with E-state index in [9.17, 15) is 5.11 Å². The Morgan fingerprint density at radius 2 is 2.11 bits per heavy atom. The van der Waals surface area contributed by atoms with Crippen molar-refractivity contribution in [1.29, 1.82) is 0 Å². The van der Waals surface area contributed by atoms with Gasteiger partial charge in [0.2, 0.25) is 0 Å². The van der Waals surface area contributed by atoms with Crippen LogP contribution >= 0.6 is 0 Å². The number of aryl methyl sites for hydroxylation is 2. The van der Waals surface area contributed by atoms with E-state index in [-0.39, 0.29) is 0 Å². The highest BCUT2D eigenvalue weighted by atomic mass is 16.3. The number of aliphatic hydroxyl groups is 1. The molecule has 0 amide bonds. The van der Waals surface area contributed by atoms with Crippen molar-refractivity contribution in [2.24, 2.45) is 7.05 Å². The van der Waals surface area contributed by atoms with Crippen LogP contribution in [0, 0.1) is 0 Å². The lowest BCUT2D eigenvalue weighted by atomic mass is 9.93. The molecule has 1 aromatic heterocycles. The second-order valence-electron chi connectivity index (χ2n) is 5.19. The van der Waals surface area contributed by atoms with E-state index in [1.807, 2.05) is 13.2 Å². The van der Waals surface area contributed by atoms with Crippen LogP contribution in [-0.2, 0) is 13.5 Å². The quantitative estimate of drug-likeness (QED) is 0.833. The fourth-order valence-electron chi connectivity index (χ4n) is 2.72. The largest absolute Gasteiger partial charge is 0.384 e. The van der Waals surface area contributed by atoms with Gasteiger partial charge in [0.05, 0.1) is 5.69 Å². The maximum Gasteiger partial charge on any atom is 0.103 e. The first-order valence-electron chi connectivity index (χ1n) is 7.11. The first-order valence-corrected chi connectivity index (χ1v) is 7.11. The fourth-order valence-corrected chi connectivity index (χ4v) is 2.72. The normalized spacial score (nSPS) is 21.8. The molecule has 2 rings (SSSR count). The van der Waals surface area contributed by atoms with E-state index in [2.05, 4.69) is 18.1 Å². The second kappa shape index (κ2) is 6.19. The van der Waals surface area contributed by atoms with E-state index in [0.717, 1.165) is 30.5 Å². The lowest BCUT2D eigenvalue weighted by Crippen LogP contribution is -2.05. The summed E-state index contributed by atoms with van der Waals surface area (Å²) in [6.45, 7) is 2.09. The Balaban J connectivity index is 2.20. The summed E-state index contributed by atoms with van der Waals surface area (Å²) in [6, 6.07) is 0. The van der Waals surface area contributed by atoms with Crippen LogP contribution in [0.1, 0.15) is 62.8 Å². The summed E-state index contributed by atoms with van der Waals surface area (Å²) in [6.07, 6.45) is 11.8. The van der Waals surface area contributed by atoms with E-state index in [1.165, 1.54) is 31.3 Å². The summed E-state index contributed by atoms with van der Waals surface area (Å²) in [7, 11) is 1.92. The smallest absolute Gasteiger partial charge is 0.103 e. The number of aliphatic hydroxyl groups excluding tert-OH is 1. The molecule has 0 bridgehead atoms. The van der Waals surface area contributed by atoms with E-state index < -0.39 is 6.10 Å². The summed E-state index contributed by atoms with van der Waals surface area (Å²) < 4.78 is 1.81. The molecule has 1 aliphatic rings. The van der Waals surface area contributed by atoms with Gasteiger partial charge in [0.25, 0.3) is 0 Å². The van der Waals surface area contributed by atoms with Crippen LogP contribution in [0.5, 0.6) is 0 Å². The molecule has 3 heteroatoms. The maximum atomic E-state index is 10.6. The molecule has 0 aliphatic heterocycles. The van der Waals surface area contributed by atoms with Gasteiger partial charge in [-0.15, -0.1) is 0 Å². The van der Waals surface area contributed by atoms with Gasteiger partial charge in [-0.3, -0.25) is 4.68 Å². The molecule has 0 aromatic carbocycles. The van der Waals surface area contributed by atoms with Gasteiger partial charge in [-0.1, -0.05) is 25.8 Å². The SMILES string of the molecule is CCc1nn(C)cc1C(O)/C1=C/CCCCCC1. The van der Waals surface area contributed by atoms with Crippen molar-refractivity contribution >= 4 is 0 Å². The van der Waals surface area contributed by atoms with Crippen molar-refractivity contribution in [3.63, 3.8) is 0 Å². The van der Waals surface area contributed by atoms with Crippen molar-refractivity contribution in [1.82, 2.24) is 9.78 Å². The lowest BCUT2D eigenvalue weighted by Gasteiger charge is -2.17. The van der Waals surface area contributed by atoms with Crippen LogP contribution in [-0.4, -0.2) is 14.9 Å². The number of nitrogens with zero attached hydrogens (tertiary/aromatic N) is 2. The summed E-state index contributed by atoms with van der Waals surface area (Å²) in [5.74, 6) is 0. The van der Waals surface area contributed by atoms with E-state index in [0.29, 0.717) is 0 Å². The van der Waals surface area contributed by atoms with Crippen LogP contribution < -0.4 is 0 Å². The first-order chi connectivity index (χ1) is 8.72. The molecule has 1 aliphatic carbocycles. The molecule has 1 atom stereocenters. The molecule has 100 valence electrons. The van der Waals surface area contributed by atoms with Crippen LogP contribution in [0.15, 0.2) is 17.8 Å². The van der Waals surface area contributed by atoms with Crippen LogP contribution in [0.2, 0.25) is 0 Å². The Hall–Kier alpha value is -1.09. The van der Waals surface area contributed by atoms with Crippen LogP contribution in [0.25, 0.3) is 0 Å². The van der Waals surface area contributed by atoms with Crippen molar-refractivity contribution in [3.8, 4) is 0 Å². The Labute approximate surface area is 110 Å². The molecule has 1 aromatic rings. The Morgan fingerprint density at radius 3 is 2.89 bits per heavy atom. The second-order valence-corrected chi connectivity index (χ2v) is 5.19. The summed E-state index contributed by atoms with van der Waals surface area (Å²) in [5.41, 5.74) is 3.21. The Morgan fingerprint density at radius 1 is 1.33 bits per heavy atom. The van der Waals surface area contributed by atoms with Gasteiger partial charge < -0.3 is 5.11 Å². The Kier molecular flexibility index (Phi) is 4.59. The predicted octanol–water partition coefficient (Wildman–Crippen LogP) is 3.30. The highest BCUT2D eigenvalue weighted by Gasteiger charge is 2.19. The van der Waals surface area contributed by atoms with Crippen LogP contribution in [0.3, 0.4) is 0 Å². The molecule has 1 N–H and O–H groups in total. The predicted molar refractivity (Wildman–Crippen MR) is 73.3 cm³/mol. The number of rotatable bonds is 3. The molecule has 0 saturated heterocycles. The first kappa shape index (κ1) is 13.3. The fraction of sp³-hybridized carbons (Fsp3) is 0.667. The molecular formula is C15H24N2O. The van der Waals surface area contributed by atoms with E-state index in [1.54, 1.807) is 4.68 Å². The summed E-state index contributed by atoms with van der Waals surface area (Å²) in [5, 5.41) is 15.0. The molecule has 0 saturated carbocycles. The summed E-state index contributed by atoms with van der Waals surface area (Å²) >= 11 is 0. The zero-order chi connectivity index (χ0) is 13.0. The minimum Gasteiger partial charge on any atom is -0.384 e. The molecule has 3 nitrogen and oxygen atoms in total. The standard InChI is InChI=1S/C15H24N2O/c1-3-14-13(11-17(2)16-14)15(18)12-9-7-5-4-6-8-10-12/h9,11,15,18H,3-8,10H2,1-2H3/b12-9+. The zero-order valence-electron chi connectivity index (χ0n) is 11.5. The van der Waals surface area contributed by atoms with Gasteiger partial charge in [0, 0.05) is 18.8 Å². The Bertz CT molecular complexity index is 420. The van der Waals surface area contributed by atoms with Gasteiger partial charge in [0.15, 0.2) is 0 Å². The van der Waals surface area contributed by atoms with E-state index in [4.69, 9.17) is 0 Å². The third-order valence-electron chi connectivity index (χ3n) is 3.74. The molecular weight excluding hydrogens is 224 g/mol. The van der Waals surface area contributed by atoms with Gasteiger partial charge in [0.1, 0.15) is 6.10 Å². The lowest BCUT2D eigenvalue weighted by molar-refractivity contribution is 0.208. The average Bonchev–Trinajstić information content (AvgIpc) is 2.69. The van der Waals surface area contributed by atoms with Gasteiger partial charge in [-0.05, 0) is 37.7 Å². The summed E-state index contributed by atoms with van der Waals surface area (Å²) in [4.78, 5) is 0. The molecule has 0 radical (unpaired) electrons. The van der Waals surface area contributed by atoms with Crippen molar-refractivity contribution in [2.45, 2.75) is 58.0 Å². The van der Waals surface area contributed by atoms with Gasteiger partial charge in [-0.2, -0.15) is 5.10 Å². The number of allylic oxidation sites excluding steroid dienone is 1. The third-order valence-corrected chi connectivity index (χ3v) is 3.74. The molecule has 0 spiro atoms. The third kappa shape index (κ3) is 3.02. The molecule has 1 unspecified atom stereocenters. The minimum absolute atomic E-state index is 0.452. The van der Waals surface area contributed by atoms with E-state index >= 15 is 0 Å². The monoisotopic (exact) mass is 248 g/mol. The molecule has 0 fully saturated rings. The number of hydrogen-bond donors (Lipinski definition) is 1. The highest BCUT2D eigenvalue weighted by molar-refractivity contribution is 5.28. The molecule has 18 heavy (non-hydrogen) atoms. The number of hydrogen-bond acceptors (Lipinski definition) is 2. The number of aromatic nitrogens is 2. The molecule has 1 heterocycles. The average molecular weight is 248 g/mol. The van der Waals surface area contributed by atoms with Crippen molar-refractivity contribution in [2.75, 3.05) is 0 Å². The van der Waals surface area contributed by atoms with Crippen molar-refractivity contribution < 1.29 is 5.11 Å². The van der Waals surface area contributed by atoms with Crippen molar-refractivity contribution in [3.05, 3.63) is 29.1 Å². The maximum absolute atomic E-state index is 10.6. The van der Waals surface area contributed by atoms with Gasteiger partial charge >= 0.3 is 0 Å².